The Morgan fingerprint density at radius 3 is 2.41 bits per heavy atom. The molecular formula is C29H31N5O5S2. The van der Waals surface area contributed by atoms with Gasteiger partial charge in [-0.1, -0.05) is 44.2 Å². The summed E-state index contributed by atoms with van der Waals surface area (Å²) >= 11 is 1.39. The average molecular weight is 594 g/mol. The number of rotatable bonds is 9. The molecule has 0 spiro atoms. The molecule has 2 N–H and O–H groups in total. The highest BCUT2D eigenvalue weighted by atomic mass is 32.2. The lowest BCUT2D eigenvalue weighted by atomic mass is 10.0. The Kier molecular flexibility index (Phi) is 8.13. The maximum Gasteiger partial charge on any atom is 0.262 e. The van der Waals surface area contributed by atoms with Gasteiger partial charge in [-0.2, -0.15) is 5.26 Å². The molecule has 2 aliphatic rings. The lowest BCUT2D eigenvalue weighted by Gasteiger charge is -2.36. The summed E-state index contributed by atoms with van der Waals surface area (Å²) in [6.07, 6.45) is 1.08. The lowest BCUT2D eigenvalue weighted by molar-refractivity contribution is -0.140. The lowest BCUT2D eigenvalue weighted by Crippen LogP contribution is -2.57. The number of hydrogen-bond acceptors (Lipinski definition) is 7. The first-order chi connectivity index (χ1) is 19.6. The number of carbonyl (C=O) groups excluding carboxylic acids is 3. The molecular weight excluding hydrogens is 562 g/mol. The first-order valence-corrected chi connectivity index (χ1v) is 15.8. The second kappa shape index (κ2) is 11.6. The molecule has 0 saturated carbocycles. The van der Waals surface area contributed by atoms with E-state index in [1.54, 1.807) is 15.9 Å². The van der Waals surface area contributed by atoms with Crippen molar-refractivity contribution in [1.29, 1.82) is 5.26 Å². The second-order valence-corrected chi connectivity index (χ2v) is 13.6. The Morgan fingerprint density at radius 2 is 1.73 bits per heavy atom. The predicted molar refractivity (Wildman–Crippen MR) is 154 cm³/mol. The van der Waals surface area contributed by atoms with Crippen molar-refractivity contribution in [2.45, 2.75) is 49.7 Å². The molecule has 2 aromatic carbocycles. The van der Waals surface area contributed by atoms with Crippen LogP contribution in [0.3, 0.4) is 0 Å². The third-order valence-corrected chi connectivity index (χ3v) is 10.1. The molecule has 0 radical (unpaired) electrons. The van der Waals surface area contributed by atoms with Crippen LogP contribution in [-0.4, -0.2) is 73.7 Å². The van der Waals surface area contributed by atoms with Crippen molar-refractivity contribution in [3.8, 4) is 6.07 Å². The van der Waals surface area contributed by atoms with E-state index in [9.17, 15) is 28.1 Å². The third-order valence-electron chi connectivity index (χ3n) is 7.51. The summed E-state index contributed by atoms with van der Waals surface area (Å²) in [5, 5.41) is 13.2. The Hall–Kier alpha value is -3.79. The zero-order valence-corrected chi connectivity index (χ0v) is 24.4. The Labute approximate surface area is 243 Å². The van der Waals surface area contributed by atoms with Gasteiger partial charge in [-0.05, 0) is 48.4 Å². The monoisotopic (exact) mass is 593 g/mol. The molecule has 1 aromatic heterocycles. The number of likely N-dealkylation sites (tertiary alicyclic amines) is 2. The van der Waals surface area contributed by atoms with Crippen LogP contribution in [0.15, 0.2) is 59.5 Å². The van der Waals surface area contributed by atoms with Crippen LogP contribution in [0.5, 0.6) is 0 Å². The van der Waals surface area contributed by atoms with Gasteiger partial charge in [0.15, 0.2) is 0 Å². The van der Waals surface area contributed by atoms with Crippen molar-refractivity contribution in [2.24, 2.45) is 5.92 Å². The molecule has 2 aliphatic heterocycles. The molecule has 3 amide bonds. The smallest absolute Gasteiger partial charge is 0.262 e. The van der Waals surface area contributed by atoms with Crippen LogP contribution in [0.4, 0.5) is 0 Å². The molecule has 10 nitrogen and oxygen atoms in total. The number of nitrogens with zero attached hydrogens (tertiary/aromatic N) is 3. The van der Waals surface area contributed by atoms with Gasteiger partial charge >= 0.3 is 0 Å². The summed E-state index contributed by atoms with van der Waals surface area (Å²) < 4.78 is 28.7. The predicted octanol–water partition coefficient (Wildman–Crippen LogP) is 2.71. The van der Waals surface area contributed by atoms with E-state index in [-0.39, 0.29) is 46.2 Å². The summed E-state index contributed by atoms with van der Waals surface area (Å²) in [5.74, 6) is -0.665. The van der Waals surface area contributed by atoms with Gasteiger partial charge in [-0.15, -0.1) is 11.3 Å². The highest BCUT2D eigenvalue weighted by molar-refractivity contribution is 7.89. The normalized spacial score (nSPS) is 19.0. The molecule has 41 heavy (non-hydrogen) atoms. The Morgan fingerprint density at radius 1 is 1.05 bits per heavy atom. The van der Waals surface area contributed by atoms with Crippen molar-refractivity contribution in [1.82, 2.24) is 19.8 Å². The molecule has 3 aromatic rings. The molecule has 5 rings (SSSR count). The second-order valence-electron chi connectivity index (χ2n) is 10.8. The van der Waals surface area contributed by atoms with Crippen molar-refractivity contribution in [3.05, 3.63) is 65.0 Å². The number of carbonyl (C=O) groups is 3. The molecule has 3 atom stereocenters. The van der Waals surface area contributed by atoms with Crippen LogP contribution in [0.25, 0.3) is 10.1 Å². The van der Waals surface area contributed by atoms with Crippen LogP contribution in [0.1, 0.15) is 41.9 Å². The van der Waals surface area contributed by atoms with Crippen molar-refractivity contribution < 1.29 is 22.8 Å². The maximum atomic E-state index is 13.7. The number of thiophene rings is 1. The van der Waals surface area contributed by atoms with E-state index in [4.69, 9.17) is 0 Å². The van der Waals surface area contributed by atoms with Gasteiger partial charge in [0.05, 0.1) is 34.0 Å². The molecule has 12 heteroatoms. The van der Waals surface area contributed by atoms with Crippen LogP contribution in [0.2, 0.25) is 0 Å². The maximum absolute atomic E-state index is 13.7. The number of nitrogens with one attached hydrogen (secondary N) is 2. The van der Waals surface area contributed by atoms with Crippen LogP contribution in [-0.2, 0) is 19.6 Å². The first-order valence-electron chi connectivity index (χ1n) is 13.5. The Balaban J connectivity index is 1.21. The number of benzene rings is 2. The van der Waals surface area contributed by atoms with E-state index in [0.29, 0.717) is 30.8 Å². The standard InChI is InChI=1S/C29H31N5O5S2/c1-18(2)11-23(32-28(36)25-12-19-7-3-5-9-24(19)40-25)29(37)34-17-21-13-22(34)16-33(21)27(35)15-31-41(38,39)26-10-6-4-8-20(26)14-30/h3-10,12,18,21-23,31H,11,13,15-17H2,1-2H3,(H,32,36)/t21-,22-,23?/m0/s1. The zero-order chi connectivity index (χ0) is 29.3. The minimum absolute atomic E-state index is 0.00257. The molecule has 2 fully saturated rings. The van der Waals surface area contributed by atoms with Crippen molar-refractivity contribution in [3.63, 3.8) is 0 Å². The summed E-state index contributed by atoms with van der Waals surface area (Å²) in [4.78, 5) is 43.5. The number of sulfonamides is 1. The van der Waals surface area contributed by atoms with Gasteiger partial charge in [0, 0.05) is 17.8 Å². The minimum atomic E-state index is -4.05. The van der Waals surface area contributed by atoms with Gasteiger partial charge in [-0.25, -0.2) is 13.1 Å². The van der Waals surface area contributed by atoms with E-state index in [1.165, 1.54) is 29.5 Å². The topological polar surface area (TPSA) is 140 Å². The summed E-state index contributed by atoms with van der Waals surface area (Å²) in [6.45, 7) is 4.18. The summed E-state index contributed by atoms with van der Waals surface area (Å²) in [6, 6.07) is 16.1. The number of hydrogen-bond donors (Lipinski definition) is 2. The summed E-state index contributed by atoms with van der Waals surface area (Å²) in [7, 11) is -4.05. The largest absolute Gasteiger partial charge is 0.340 e. The molecule has 2 saturated heterocycles. The van der Waals surface area contributed by atoms with E-state index in [2.05, 4.69) is 10.0 Å². The third kappa shape index (κ3) is 5.98. The van der Waals surface area contributed by atoms with Gasteiger partial charge < -0.3 is 15.1 Å². The summed E-state index contributed by atoms with van der Waals surface area (Å²) in [5.41, 5.74) is -0.00257. The van der Waals surface area contributed by atoms with Gasteiger partial charge in [0.25, 0.3) is 5.91 Å². The van der Waals surface area contributed by atoms with Gasteiger partial charge in [0.1, 0.15) is 12.1 Å². The molecule has 2 bridgehead atoms. The fourth-order valence-corrected chi connectivity index (χ4v) is 7.68. The van der Waals surface area contributed by atoms with Crippen LogP contribution >= 0.6 is 11.3 Å². The highest BCUT2D eigenvalue weighted by Gasteiger charge is 2.48. The minimum Gasteiger partial charge on any atom is -0.340 e. The van der Waals surface area contributed by atoms with E-state index in [0.717, 1.165) is 10.1 Å². The quantitative estimate of drug-likeness (QED) is 0.391. The molecule has 214 valence electrons. The average Bonchev–Trinajstić information content (AvgIpc) is 3.69. The van der Waals surface area contributed by atoms with Crippen LogP contribution < -0.4 is 10.0 Å². The van der Waals surface area contributed by atoms with E-state index in [1.807, 2.05) is 50.2 Å². The van der Waals surface area contributed by atoms with Gasteiger partial charge in [-0.3, -0.25) is 14.4 Å². The number of nitriles is 1. The first kappa shape index (κ1) is 28.7. The Bertz CT molecular complexity index is 1610. The number of amides is 3. The fourth-order valence-electron chi connectivity index (χ4n) is 5.59. The van der Waals surface area contributed by atoms with Crippen molar-refractivity contribution >= 4 is 49.2 Å². The number of piperazine rings is 1. The van der Waals surface area contributed by atoms with E-state index < -0.39 is 22.6 Å². The van der Waals surface area contributed by atoms with E-state index >= 15 is 0 Å². The van der Waals surface area contributed by atoms with Gasteiger partial charge in [0.2, 0.25) is 21.8 Å². The highest BCUT2D eigenvalue weighted by Crippen LogP contribution is 2.32. The fraction of sp³-hybridized carbons (Fsp3) is 0.379. The molecule has 1 unspecified atom stereocenters. The SMILES string of the molecule is CC(C)CC(NC(=O)c1cc2ccccc2s1)C(=O)N1C[C@@H]2C[C@H]1CN2C(=O)CNS(=O)(=O)c1ccccc1C#N. The number of fused-ring (bicyclic) bond motifs is 3. The molecule has 0 aliphatic carbocycles. The van der Waals surface area contributed by atoms with Crippen LogP contribution in [0, 0.1) is 17.2 Å². The molecule has 3 heterocycles. The van der Waals surface area contributed by atoms with Crippen molar-refractivity contribution in [2.75, 3.05) is 19.6 Å². The zero-order valence-electron chi connectivity index (χ0n) is 22.7.